The Hall–Kier alpha value is -2.03. The Morgan fingerprint density at radius 3 is 2.24 bits per heavy atom. The zero-order valence-corrected chi connectivity index (χ0v) is 9.66. The summed E-state index contributed by atoms with van der Waals surface area (Å²) in [6, 6.07) is 12.8. The summed E-state index contributed by atoms with van der Waals surface area (Å²) < 4.78 is 23.1. The number of methoxy groups -OCH3 is 2. The SMILES string of the molecule is COc1ccc(-c2c[c]c(F)cc2)cc1OC. The van der Waals surface area contributed by atoms with Gasteiger partial charge in [-0.25, -0.2) is 4.39 Å². The van der Waals surface area contributed by atoms with E-state index in [-0.39, 0.29) is 5.82 Å². The van der Waals surface area contributed by atoms with Gasteiger partial charge in [0.25, 0.3) is 0 Å². The molecule has 0 N–H and O–H groups in total. The van der Waals surface area contributed by atoms with Gasteiger partial charge in [0.2, 0.25) is 0 Å². The molecule has 0 fully saturated rings. The lowest BCUT2D eigenvalue weighted by Crippen LogP contribution is -1.90. The van der Waals surface area contributed by atoms with Gasteiger partial charge in [0.15, 0.2) is 11.5 Å². The monoisotopic (exact) mass is 231 g/mol. The van der Waals surface area contributed by atoms with E-state index in [9.17, 15) is 4.39 Å². The highest BCUT2D eigenvalue weighted by molar-refractivity contribution is 5.67. The average Bonchev–Trinajstić information content (AvgIpc) is 2.39. The zero-order valence-electron chi connectivity index (χ0n) is 9.66. The van der Waals surface area contributed by atoms with Gasteiger partial charge in [0.05, 0.1) is 14.2 Å². The Balaban J connectivity index is 2.42. The molecule has 2 aromatic rings. The van der Waals surface area contributed by atoms with Crippen molar-refractivity contribution in [1.29, 1.82) is 0 Å². The molecule has 0 aliphatic carbocycles. The van der Waals surface area contributed by atoms with Crippen molar-refractivity contribution in [3.63, 3.8) is 0 Å². The third-order valence-electron chi connectivity index (χ3n) is 2.49. The summed E-state index contributed by atoms with van der Waals surface area (Å²) in [6.07, 6.45) is 0. The van der Waals surface area contributed by atoms with Crippen LogP contribution in [0.4, 0.5) is 4.39 Å². The molecule has 0 spiro atoms. The first-order valence-corrected chi connectivity index (χ1v) is 5.14. The average molecular weight is 231 g/mol. The molecule has 2 rings (SSSR count). The van der Waals surface area contributed by atoms with E-state index in [1.807, 2.05) is 18.2 Å². The molecule has 17 heavy (non-hydrogen) atoms. The molecule has 0 aliphatic heterocycles. The third-order valence-corrected chi connectivity index (χ3v) is 2.49. The van der Waals surface area contributed by atoms with Crippen molar-refractivity contribution in [3.8, 4) is 22.6 Å². The predicted octanol–water partition coefficient (Wildman–Crippen LogP) is 3.31. The van der Waals surface area contributed by atoms with E-state index >= 15 is 0 Å². The molecule has 0 atom stereocenters. The second kappa shape index (κ2) is 4.87. The Morgan fingerprint density at radius 2 is 1.65 bits per heavy atom. The van der Waals surface area contributed by atoms with Crippen molar-refractivity contribution in [2.24, 2.45) is 0 Å². The van der Waals surface area contributed by atoms with E-state index in [0.29, 0.717) is 11.5 Å². The molecular weight excluding hydrogens is 219 g/mol. The second-order valence-electron chi connectivity index (χ2n) is 3.50. The summed E-state index contributed by atoms with van der Waals surface area (Å²) in [7, 11) is 3.17. The van der Waals surface area contributed by atoms with Crippen molar-refractivity contribution in [2.45, 2.75) is 0 Å². The first-order chi connectivity index (χ1) is 8.24. The predicted molar refractivity (Wildman–Crippen MR) is 63.8 cm³/mol. The van der Waals surface area contributed by atoms with E-state index < -0.39 is 0 Å². The Bertz CT molecular complexity index is 506. The second-order valence-corrected chi connectivity index (χ2v) is 3.50. The van der Waals surface area contributed by atoms with Gasteiger partial charge in [-0.2, -0.15) is 0 Å². The molecule has 0 aromatic heterocycles. The minimum atomic E-state index is -0.366. The highest BCUT2D eigenvalue weighted by atomic mass is 19.1. The highest BCUT2D eigenvalue weighted by Gasteiger charge is 2.06. The van der Waals surface area contributed by atoms with Gasteiger partial charge in [-0.05, 0) is 35.4 Å². The minimum absolute atomic E-state index is 0.366. The minimum Gasteiger partial charge on any atom is -0.493 e. The maximum Gasteiger partial charge on any atom is 0.161 e. The fraction of sp³-hybridized carbons (Fsp3) is 0.143. The maximum absolute atomic E-state index is 12.8. The molecule has 2 aromatic carbocycles. The number of rotatable bonds is 3. The molecule has 2 nitrogen and oxygen atoms in total. The first kappa shape index (κ1) is 11.5. The summed E-state index contributed by atoms with van der Waals surface area (Å²) in [5, 5.41) is 0. The fourth-order valence-corrected chi connectivity index (χ4v) is 1.60. The van der Waals surface area contributed by atoms with Crippen LogP contribution in [0.3, 0.4) is 0 Å². The molecule has 3 heteroatoms. The third kappa shape index (κ3) is 2.38. The van der Waals surface area contributed by atoms with Crippen LogP contribution in [0.1, 0.15) is 0 Å². The molecule has 0 saturated heterocycles. The van der Waals surface area contributed by atoms with Gasteiger partial charge in [-0.15, -0.1) is 0 Å². The number of hydrogen-bond acceptors (Lipinski definition) is 2. The fourth-order valence-electron chi connectivity index (χ4n) is 1.60. The summed E-state index contributed by atoms with van der Waals surface area (Å²) in [4.78, 5) is 0. The largest absolute Gasteiger partial charge is 0.493 e. The molecule has 0 saturated carbocycles. The van der Waals surface area contributed by atoms with Crippen LogP contribution in [0, 0.1) is 11.9 Å². The Morgan fingerprint density at radius 1 is 0.941 bits per heavy atom. The number of benzene rings is 2. The number of halogens is 1. The van der Waals surface area contributed by atoms with Crippen molar-refractivity contribution >= 4 is 0 Å². The van der Waals surface area contributed by atoms with Crippen LogP contribution in [0.15, 0.2) is 36.4 Å². The summed E-state index contributed by atoms with van der Waals surface area (Å²) in [6.45, 7) is 0. The molecule has 0 heterocycles. The molecule has 1 radical (unpaired) electrons. The highest BCUT2D eigenvalue weighted by Crippen LogP contribution is 2.32. The topological polar surface area (TPSA) is 18.5 Å². The standard InChI is InChI=1S/C14H12FO2/c1-16-13-8-5-11(9-14(13)17-2)10-3-6-12(15)7-4-10/h3-6,8-9H,1-2H3. The number of ether oxygens (including phenoxy) is 2. The van der Waals surface area contributed by atoms with Crippen LogP contribution >= 0.6 is 0 Å². The van der Waals surface area contributed by atoms with Crippen LogP contribution in [0.5, 0.6) is 11.5 Å². The van der Waals surface area contributed by atoms with Gasteiger partial charge >= 0.3 is 0 Å². The lowest BCUT2D eigenvalue weighted by Gasteiger charge is -2.09. The van der Waals surface area contributed by atoms with E-state index in [1.165, 1.54) is 6.07 Å². The van der Waals surface area contributed by atoms with E-state index in [0.717, 1.165) is 11.1 Å². The molecule has 87 valence electrons. The van der Waals surface area contributed by atoms with Crippen molar-refractivity contribution < 1.29 is 13.9 Å². The summed E-state index contributed by atoms with van der Waals surface area (Å²) in [5.74, 6) is 0.950. The molecule has 0 aliphatic rings. The van der Waals surface area contributed by atoms with E-state index in [1.54, 1.807) is 26.4 Å². The van der Waals surface area contributed by atoms with Crippen molar-refractivity contribution in [2.75, 3.05) is 14.2 Å². The van der Waals surface area contributed by atoms with E-state index in [4.69, 9.17) is 9.47 Å². The normalized spacial score (nSPS) is 10.1. The molecule has 0 amide bonds. The molecule has 0 unspecified atom stereocenters. The van der Waals surface area contributed by atoms with Gasteiger partial charge in [-0.3, -0.25) is 0 Å². The van der Waals surface area contributed by atoms with Crippen molar-refractivity contribution in [3.05, 3.63) is 48.3 Å². The first-order valence-electron chi connectivity index (χ1n) is 5.14. The smallest absolute Gasteiger partial charge is 0.161 e. The van der Waals surface area contributed by atoms with Gasteiger partial charge < -0.3 is 9.47 Å². The van der Waals surface area contributed by atoms with E-state index in [2.05, 4.69) is 6.07 Å². The van der Waals surface area contributed by atoms with Crippen LogP contribution < -0.4 is 9.47 Å². The molecular formula is C14H12FO2. The van der Waals surface area contributed by atoms with Crippen LogP contribution in [0.25, 0.3) is 11.1 Å². The van der Waals surface area contributed by atoms with Gasteiger partial charge in [0.1, 0.15) is 5.82 Å². The van der Waals surface area contributed by atoms with Gasteiger partial charge in [-0.1, -0.05) is 12.1 Å². The lowest BCUT2D eigenvalue weighted by molar-refractivity contribution is 0.355. The van der Waals surface area contributed by atoms with Crippen LogP contribution in [-0.2, 0) is 0 Å². The Kier molecular flexibility index (Phi) is 3.28. The van der Waals surface area contributed by atoms with Gasteiger partial charge in [0, 0.05) is 6.07 Å². The lowest BCUT2D eigenvalue weighted by atomic mass is 10.1. The number of hydrogen-bond donors (Lipinski definition) is 0. The van der Waals surface area contributed by atoms with Crippen LogP contribution in [0.2, 0.25) is 0 Å². The quantitative estimate of drug-likeness (QED) is 0.806. The van der Waals surface area contributed by atoms with Crippen molar-refractivity contribution in [1.82, 2.24) is 0 Å². The maximum atomic E-state index is 12.8. The summed E-state index contributed by atoms with van der Waals surface area (Å²) >= 11 is 0. The van der Waals surface area contributed by atoms with Crippen LogP contribution in [-0.4, -0.2) is 14.2 Å². The Labute approximate surface area is 99.6 Å². The zero-order chi connectivity index (χ0) is 12.3. The summed E-state index contributed by atoms with van der Waals surface area (Å²) in [5.41, 5.74) is 1.81. The molecule has 0 bridgehead atoms.